The SMILES string of the molecule is O=C(Nc1ccc(Oc2ccc(CN3CCOCC3)cc2)cc1)[C@@H]1CCCN1. The molecule has 2 aliphatic rings. The van der Waals surface area contributed by atoms with E-state index in [0.29, 0.717) is 0 Å². The number of amides is 1. The van der Waals surface area contributed by atoms with Crippen molar-refractivity contribution >= 4 is 11.6 Å². The summed E-state index contributed by atoms with van der Waals surface area (Å²) in [6, 6.07) is 15.6. The molecule has 4 rings (SSSR count). The fraction of sp³-hybridized carbons (Fsp3) is 0.409. The van der Waals surface area contributed by atoms with E-state index < -0.39 is 0 Å². The third-order valence-electron chi connectivity index (χ3n) is 5.17. The number of carbonyl (C=O) groups is 1. The van der Waals surface area contributed by atoms with Crippen LogP contribution in [0.25, 0.3) is 0 Å². The number of hydrogen-bond acceptors (Lipinski definition) is 5. The van der Waals surface area contributed by atoms with E-state index >= 15 is 0 Å². The molecule has 6 nitrogen and oxygen atoms in total. The minimum Gasteiger partial charge on any atom is -0.457 e. The zero-order valence-corrected chi connectivity index (χ0v) is 16.0. The number of hydrogen-bond donors (Lipinski definition) is 2. The van der Waals surface area contributed by atoms with Crippen LogP contribution in [-0.4, -0.2) is 49.7 Å². The number of benzene rings is 2. The summed E-state index contributed by atoms with van der Waals surface area (Å²) in [5, 5.41) is 6.16. The number of morpholine rings is 1. The van der Waals surface area contributed by atoms with Crippen LogP contribution in [0.1, 0.15) is 18.4 Å². The molecule has 0 aliphatic carbocycles. The molecule has 0 bridgehead atoms. The first-order chi connectivity index (χ1) is 13.8. The summed E-state index contributed by atoms with van der Waals surface area (Å²) in [4.78, 5) is 14.5. The van der Waals surface area contributed by atoms with Crippen LogP contribution >= 0.6 is 0 Å². The number of nitrogens with one attached hydrogen (secondary N) is 2. The van der Waals surface area contributed by atoms with Crippen LogP contribution in [0.3, 0.4) is 0 Å². The van der Waals surface area contributed by atoms with Gasteiger partial charge in [-0.2, -0.15) is 0 Å². The molecular weight excluding hydrogens is 354 g/mol. The number of anilines is 1. The second-order valence-electron chi connectivity index (χ2n) is 7.30. The maximum absolute atomic E-state index is 12.2. The average molecular weight is 381 g/mol. The first kappa shape index (κ1) is 18.9. The monoisotopic (exact) mass is 381 g/mol. The molecule has 28 heavy (non-hydrogen) atoms. The van der Waals surface area contributed by atoms with Gasteiger partial charge in [-0.15, -0.1) is 0 Å². The number of rotatable bonds is 6. The molecule has 0 unspecified atom stereocenters. The molecule has 1 atom stereocenters. The van der Waals surface area contributed by atoms with Gasteiger partial charge in [-0.3, -0.25) is 9.69 Å². The second-order valence-corrected chi connectivity index (χ2v) is 7.30. The highest BCUT2D eigenvalue weighted by molar-refractivity contribution is 5.95. The quantitative estimate of drug-likeness (QED) is 0.805. The van der Waals surface area contributed by atoms with Gasteiger partial charge in [0.05, 0.1) is 19.3 Å². The van der Waals surface area contributed by atoms with Crippen LogP contribution < -0.4 is 15.4 Å². The van der Waals surface area contributed by atoms with Crippen molar-refractivity contribution in [1.82, 2.24) is 10.2 Å². The Balaban J connectivity index is 1.29. The van der Waals surface area contributed by atoms with E-state index in [1.165, 1.54) is 5.56 Å². The fourth-order valence-electron chi connectivity index (χ4n) is 3.56. The third kappa shape index (κ3) is 5.10. The van der Waals surface area contributed by atoms with Gasteiger partial charge >= 0.3 is 0 Å². The third-order valence-corrected chi connectivity index (χ3v) is 5.17. The number of ether oxygens (including phenoxy) is 2. The smallest absolute Gasteiger partial charge is 0.241 e. The van der Waals surface area contributed by atoms with Crippen molar-refractivity contribution in [3.8, 4) is 11.5 Å². The summed E-state index contributed by atoms with van der Waals surface area (Å²) in [6.45, 7) is 5.45. The van der Waals surface area contributed by atoms with Crippen molar-refractivity contribution in [3.63, 3.8) is 0 Å². The van der Waals surface area contributed by atoms with Gasteiger partial charge in [0.25, 0.3) is 0 Å². The van der Waals surface area contributed by atoms with E-state index in [4.69, 9.17) is 9.47 Å². The lowest BCUT2D eigenvalue weighted by Gasteiger charge is -2.26. The Kier molecular flexibility index (Phi) is 6.21. The minimum atomic E-state index is -0.0769. The molecule has 2 saturated heterocycles. The van der Waals surface area contributed by atoms with Gasteiger partial charge in [-0.05, 0) is 61.3 Å². The Labute approximate surface area is 165 Å². The molecule has 0 saturated carbocycles. The van der Waals surface area contributed by atoms with Crippen molar-refractivity contribution in [2.45, 2.75) is 25.4 Å². The van der Waals surface area contributed by atoms with Gasteiger partial charge in [-0.1, -0.05) is 12.1 Å². The second kappa shape index (κ2) is 9.19. The van der Waals surface area contributed by atoms with Gasteiger partial charge < -0.3 is 20.1 Å². The Morgan fingerprint density at radius 3 is 2.39 bits per heavy atom. The molecule has 6 heteroatoms. The molecule has 2 aliphatic heterocycles. The zero-order chi connectivity index (χ0) is 19.2. The van der Waals surface area contributed by atoms with Crippen molar-refractivity contribution in [3.05, 3.63) is 54.1 Å². The summed E-state index contributed by atoms with van der Waals surface area (Å²) in [7, 11) is 0. The highest BCUT2D eigenvalue weighted by Crippen LogP contribution is 2.24. The first-order valence-corrected chi connectivity index (χ1v) is 9.97. The van der Waals surface area contributed by atoms with Crippen LogP contribution in [-0.2, 0) is 16.1 Å². The van der Waals surface area contributed by atoms with Gasteiger partial charge in [0, 0.05) is 25.3 Å². The van der Waals surface area contributed by atoms with Gasteiger partial charge in [0.1, 0.15) is 11.5 Å². The maximum Gasteiger partial charge on any atom is 0.241 e. The molecule has 0 spiro atoms. The Bertz CT molecular complexity index is 765. The lowest BCUT2D eigenvalue weighted by Crippen LogP contribution is -2.35. The van der Waals surface area contributed by atoms with Crippen molar-refractivity contribution in [2.24, 2.45) is 0 Å². The molecule has 1 amide bonds. The van der Waals surface area contributed by atoms with Gasteiger partial charge in [0.2, 0.25) is 5.91 Å². The number of nitrogens with zero attached hydrogens (tertiary/aromatic N) is 1. The standard InChI is InChI=1S/C22H27N3O3/c26-22(21-2-1-11-23-21)24-18-5-9-20(10-6-18)28-19-7-3-17(4-8-19)16-25-12-14-27-15-13-25/h3-10,21,23H,1-2,11-16H2,(H,24,26)/t21-/m0/s1. The van der Waals surface area contributed by atoms with E-state index in [1.54, 1.807) is 0 Å². The molecule has 0 aromatic heterocycles. The molecule has 2 fully saturated rings. The Morgan fingerprint density at radius 1 is 1.07 bits per heavy atom. The Morgan fingerprint density at radius 2 is 1.75 bits per heavy atom. The first-order valence-electron chi connectivity index (χ1n) is 9.97. The maximum atomic E-state index is 12.2. The molecular formula is C22H27N3O3. The lowest BCUT2D eigenvalue weighted by molar-refractivity contribution is -0.117. The average Bonchev–Trinajstić information content (AvgIpc) is 3.27. The predicted octanol–water partition coefficient (Wildman–Crippen LogP) is 3.00. The molecule has 2 aromatic rings. The van der Waals surface area contributed by atoms with E-state index in [2.05, 4.69) is 27.7 Å². The van der Waals surface area contributed by atoms with E-state index in [1.807, 2.05) is 36.4 Å². The molecule has 0 radical (unpaired) electrons. The van der Waals surface area contributed by atoms with Gasteiger partial charge in [0.15, 0.2) is 0 Å². The van der Waals surface area contributed by atoms with Crippen LogP contribution in [0, 0.1) is 0 Å². The van der Waals surface area contributed by atoms with Crippen LogP contribution in [0.2, 0.25) is 0 Å². The van der Waals surface area contributed by atoms with Crippen molar-refractivity contribution in [1.29, 1.82) is 0 Å². The highest BCUT2D eigenvalue weighted by Gasteiger charge is 2.21. The van der Waals surface area contributed by atoms with Crippen molar-refractivity contribution in [2.75, 3.05) is 38.2 Å². The topological polar surface area (TPSA) is 62.8 Å². The Hall–Kier alpha value is -2.41. The molecule has 2 heterocycles. The molecule has 2 N–H and O–H groups in total. The predicted molar refractivity (Wildman–Crippen MR) is 109 cm³/mol. The molecule has 2 aromatic carbocycles. The van der Waals surface area contributed by atoms with E-state index in [-0.39, 0.29) is 11.9 Å². The van der Waals surface area contributed by atoms with Crippen molar-refractivity contribution < 1.29 is 14.3 Å². The summed E-state index contributed by atoms with van der Waals surface area (Å²) in [6.07, 6.45) is 1.95. The number of carbonyl (C=O) groups excluding carboxylic acids is 1. The zero-order valence-electron chi connectivity index (χ0n) is 16.0. The lowest BCUT2D eigenvalue weighted by atomic mass is 10.2. The van der Waals surface area contributed by atoms with Crippen LogP contribution in [0.15, 0.2) is 48.5 Å². The van der Waals surface area contributed by atoms with Crippen LogP contribution in [0.5, 0.6) is 11.5 Å². The summed E-state index contributed by atoms with van der Waals surface area (Å²) >= 11 is 0. The normalized spacial score (nSPS) is 20.1. The summed E-state index contributed by atoms with van der Waals surface area (Å²) in [5.74, 6) is 1.58. The highest BCUT2D eigenvalue weighted by atomic mass is 16.5. The summed E-state index contributed by atoms with van der Waals surface area (Å²) < 4.78 is 11.3. The minimum absolute atomic E-state index is 0.0297. The van der Waals surface area contributed by atoms with E-state index in [0.717, 1.165) is 69.4 Å². The van der Waals surface area contributed by atoms with E-state index in [9.17, 15) is 4.79 Å². The molecule has 148 valence electrons. The largest absolute Gasteiger partial charge is 0.457 e. The fourth-order valence-corrected chi connectivity index (χ4v) is 3.56. The summed E-state index contributed by atoms with van der Waals surface area (Å²) in [5.41, 5.74) is 2.06. The van der Waals surface area contributed by atoms with Crippen LogP contribution in [0.4, 0.5) is 5.69 Å². The van der Waals surface area contributed by atoms with Gasteiger partial charge in [-0.25, -0.2) is 0 Å².